The van der Waals surface area contributed by atoms with Crippen molar-refractivity contribution in [3.05, 3.63) is 54.5 Å². The van der Waals surface area contributed by atoms with Crippen LogP contribution in [0.1, 0.15) is 36.7 Å². The third kappa shape index (κ3) is 6.42. The standard InChI is InChI=1S/C28H35N5O5/c1-4-5-13-33(28(35)24-8-6-18-38-24)20-27(34)32-15-7-14-31(16-17-32)26-12-10-22(29-30-26)21-9-11-23(36-2)25(19-21)37-3/h6,8-12,18-19H,4-5,7,13-17,20H2,1-3H3. The normalized spacial score (nSPS) is 13.7. The molecule has 1 aromatic carbocycles. The number of hydrogen-bond acceptors (Lipinski definition) is 8. The van der Waals surface area contributed by atoms with Crippen molar-refractivity contribution in [1.29, 1.82) is 0 Å². The van der Waals surface area contributed by atoms with E-state index in [1.54, 1.807) is 31.3 Å². The maximum Gasteiger partial charge on any atom is 0.290 e. The first-order chi connectivity index (χ1) is 18.5. The second-order valence-corrected chi connectivity index (χ2v) is 9.13. The van der Waals surface area contributed by atoms with E-state index in [0.29, 0.717) is 37.7 Å². The maximum atomic E-state index is 13.2. The second-order valence-electron chi connectivity index (χ2n) is 9.13. The predicted molar refractivity (Wildman–Crippen MR) is 144 cm³/mol. The Morgan fingerprint density at radius 3 is 2.53 bits per heavy atom. The van der Waals surface area contributed by atoms with Crippen LogP contribution < -0.4 is 14.4 Å². The van der Waals surface area contributed by atoms with Crippen molar-refractivity contribution >= 4 is 17.6 Å². The summed E-state index contributed by atoms with van der Waals surface area (Å²) in [6.07, 6.45) is 4.03. The first-order valence-electron chi connectivity index (χ1n) is 13.0. The van der Waals surface area contributed by atoms with Crippen LogP contribution in [-0.2, 0) is 4.79 Å². The zero-order chi connectivity index (χ0) is 26.9. The molecule has 2 aromatic heterocycles. The summed E-state index contributed by atoms with van der Waals surface area (Å²) in [5.74, 6) is 2.00. The highest BCUT2D eigenvalue weighted by atomic mass is 16.5. The van der Waals surface area contributed by atoms with E-state index in [1.165, 1.54) is 6.26 Å². The van der Waals surface area contributed by atoms with E-state index >= 15 is 0 Å². The Hall–Kier alpha value is -4.08. The molecule has 0 unspecified atom stereocenters. The van der Waals surface area contributed by atoms with Gasteiger partial charge in [0.1, 0.15) is 6.54 Å². The van der Waals surface area contributed by atoms with Crippen LogP contribution in [0.25, 0.3) is 11.3 Å². The average Bonchev–Trinajstić information content (AvgIpc) is 3.39. The van der Waals surface area contributed by atoms with Crippen LogP contribution in [0, 0.1) is 0 Å². The number of amides is 2. The molecule has 3 aromatic rings. The number of furan rings is 1. The molecule has 0 bridgehead atoms. The number of ether oxygens (including phenoxy) is 2. The number of nitrogens with zero attached hydrogens (tertiary/aromatic N) is 5. The lowest BCUT2D eigenvalue weighted by atomic mass is 10.1. The van der Waals surface area contributed by atoms with Crippen LogP contribution in [0.5, 0.6) is 11.5 Å². The van der Waals surface area contributed by atoms with Gasteiger partial charge in [-0.1, -0.05) is 13.3 Å². The van der Waals surface area contributed by atoms with Gasteiger partial charge in [-0.15, -0.1) is 10.2 Å². The van der Waals surface area contributed by atoms with E-state index in [1.807, 2.05) is 35.2 Å². The molecule has 0 spiro atoms. The summed E-state index contributed by atoms with van der Waals surface area (Å²) in [5.41, 5.74) is 1.61. The van der Waals surface area contributed by atoms with Crippen LogP contribution in [0.3, 0.4) is 0 Å². The molecule has 202 valence electrons. The minimum Gasteiger partial charge on any atom is -0.493 e. The van der Waals surface area contributed by atoms with Gasteiger partial charge >= 0.3 is 0 Å². The average molecular weight is 522 g/mol. The molecular formula is C28H35N5O5. The number of rotatable bonds is 10. The van der Waals surface area contributed by atoms with Gasteiger partial charge in [-0.05, 0) is 55.3 Å². The van der Waals surface area contributed by atoms with Crippen LogP contribution in [0.4, 0.5) is 5.82 Å². The Morgan fingerprint density at radius 1 is 1.00 bits per heavy atom. The van der Waals surface area contributed by atoms with Crippen LogP contribution in [0.2, 0.25) is 0 Å². The number of benzene rings is 1. The van der Waals surface area contributed by atoms with Crippen LogP contribution in [-0.4, -0.2) is 85.3 Å². The molecule has 3 heterocycles. The molecule has 1 aliphatic heterocycles. The van der Waals surface area contributed by atoms with Crippen molar-refractivity contribution in [3.63, 3.8) is 0 Å². The Labute approximate surface area is 223 Å². The van der Waals surface area contributed by atoms with Gasteiger partial charge in [0.25, 0.3) is 5.91 Å². The lowest BCUT2D eigenvalue weighted by Gasteiger charge is -2.26. The SMILES string of the molecule is CCCCN(CC(=O)N1CCCN(c2ccc(-c3ccc(OC)c(OC)c3)nn2)CC1)C(=O)c1ccco1. The van der Waals surface area contributed by atoms with Crippen LogP contribution in [0.15, 0.2) is 53.1 Å². The van der Waals surface area contributed by atoms with Gasteiger partial charge in [0.05, 0.1) is 26.2 Å². The van der Waals surface area contributed by atoms with Crippen molar-refractivity contribution in [1.82, 2.24) is 20.0 Å². The Morgan fingerprint density at radius 2 is 1.84 bits per heavy atom. The molecule has 10 nitrogen and oxygen atoms in total. The largest absolute Gasteiger partial charge is 0.493 e. The van der Waals surface area contributed by atoms with Crippen molar-refractivity contribution < 1.29 is 23.5 Å². The minimum absolute atomic E-state index is 0.0410. The Balaban J connectivity index is 1.37. The number of aromatic nitrogens is 2. The molecule has 2 amide bonds. The van der Waals surface area contributed by atoms with Gasteiger partial charge < -0.3 is 28.6 Å². The number of anilines is 1. The van der Waals surface area contributed by atoms with E-state index in [9.17, 15) is 9.59 Å². The summed E-state index contributed by atoms with van der Waals surface area (Å²) >= 11 is 0. The zero-order valence-corrected chi connectivity index (χ0v) is 22.3. The molecule has 1 fully saturated rings. The first kappa shape index (κ1) is 27.0. The van der Waals surface area contributed by atoms with Gasteiger partial charge in [0.2, 0.25) is 5.91 Å². The number of methoxy groups -OCH3 is 2. The lowest BCUT2D eigenvalue weighted by molar-refractivity contribution is -0.131. The molecule has 1 aliphatic rings. The van der Waals surface area contributed by atoms with Crippen molar-refractivity contribution in [2.45, 2.75) is 26.2 Å². The monoisotopic (exact) mass is 521 g/mol. The Kier molecular flexibility index (Phi) is 9.18. The van der Waals surface area contributed by atoms with E-state index < -0.39 is 0 Å². The third-order valence-electron chi connectivity index (χ3n) is 6.63. The fraction of sp³-hybridized carbons (Fsp3) is 0.429. The summed E-state index contributed by atoms with van der Waals surface area (Å²) in [6.45, 7) is 5.20. The van der Waals surface area contributed by atoms with Gasteiger partial charge in [-0.25, -0.2) is 0 Å². The van der Waals surface area contributed by atoms with Crippen LogP contribution >= 0.6 is 0 Å². The zero-order valence-electron chi connectivity index (χ0n) is 22.3. The number of carbonyl (C=O) groups excluding carboxylic acids is 2. The van der Waals surface area contributed by atoms with Crippen molar-refractivity contribution in [2.24, 2.45) is 0 Å². The van der Waals surface area contributed by atoms with Crippen molar-refractivity contribution in [2.75, 3.05) is 58.4 Å². The molecule has 0 atom stereocenters. The molecule has 4 rings (SSSR count). The predicted octanol–water partition coefficient (Wildman–Crippen LogP) is 3.74. The Bertz CT molecular complexity index is 1200. The van der Waals surface area contributed by atoms with E-state index in [0.717, 1.165) is 42.9 Å². The summed E-state index contributed by atoms with van der Waals surface area (Å²) in [5, 5.41) is 8.89. The highest BCUT2D eigenvalue weighted by Gasteiger charge is 2.25. The van der Waals surface area contributed by atoms with Gasteiger partial charge in [0, 0.05) is 38.3 Å². The molecule has 0 saturated carbocycles. The van der Waals surface area contributed by atoms with Gasteiger partial charge in [-0.2, -0.15) is 0 Å². The smallest absolute Gasteiger partial charge is 0.290 e. The first-order valence-corrected chi connectivity index (χ1v) is 13.0. The number of unbranched alkanes of at least 4 members (excludes halogenated alkanes) is 1. The fourth-order valence-electron chi connectivity index (χ4n) is 4.46. The van der Waals surface area contributed by atoms with E-state index in [-0.39, 0.29) is 24.1 Å². The third-order valence-corrected chi connectivity index (χ3v) is 6.63. The molecule has 1 saturated heterocycles. The fourth-order valence-corrected chi connectivity index (χ4v) is 4.46. The molecule has 0 aliphatic carbocycles. The number of carbonyl (C=O) groups is 2. The summed E-state index contributed by atoms with van der Waals surface area (Å²) in [6, 6.07) is 12.8. The highest BCUT2D eigenvalue weighted by molar-refractivity contribution is 5.94. The summed E-state index contributed by atoms with van der Waals surface area (Å²) in [4.78, 5) is 31.6. The quantitative estimate of drug-likeness (QED) is 0.398. The molecule has 38 heavy (non-hydrogen) atoms. The summed E-state index contributed by atoms with van der Waals surface area (Å²) in [7, 11) is 3.20. The second kappa shape index (κ2) is 12.9. The van der Waals surface area contributed by atoms with Gasteiger partial charge in [0.15, 0.2) is 23.1 Å². The summed E-state index contributed by atoms with van der Waals surface area (Å²) < 4.78 is 16.0. The lowest BCUT2D eigenvalue weighted by Crippen LogP contribution is -2.44. The highest BCUT2D eigenvalue weighted by Crippen LogP contribution is 2.31. The minimum atomic E-state index is -0.252. The van der Waals surface area contributed by atoms with E-state index in [4.69, 9.17) is 13.9 Å². The van der Waals surface area contributed by atoms with Crippen molar-refractivity contribution in [3.8, 4) is 22.8 Å². The molecule has 0 radical (unpaired) electrons. The molecule has 10 heteroatoms. The number of hydrogen-bond donors (Lipinski definition) is 0. The van der Waals surface area contributed by atoms with E-state index in [2.05, 4.69) is 22.0 Å². The molecular weight excluding hydrogens is 486 g/mol. The topological polar surface area (TPSA) is 101 Å². The molecule has 0 N–H and O–H groups in total. The maximum absolute atomic E-state index is 13.2. The van der Waals surface area contributed by atoms with Gasteiger partial charge in [-0.3, -0.25) is 9.59 Å².